The van der Waals surface area contributed by atoms with Gasteiger partial charge < -0.3 is 10.1 Å². The molecule has 0 aliphatic rings. The summed E-state index contributed by atoms with van der Waals surface area (Å²) >= 11 is 5.75. The number of hydrogen-bond acceptors (Lipinski definition) is 3. The molecule has 1 heterocycles. The molecule has 96 valence electrons. The van der Waals surface area contributed by atoms with Gasteiger partial charge in [-0.15, -0.1) is 0 Å². The van der Waals surface area contributed by atoms with Crippen molar-refractivity contribution in [2.75, 3.05) is 13.2 Å². The van der Waals surface area contributed by atoms with Crippen molar-refractivity contribution in [3.63, 3.8) is 0 Å². The van der Waals surface area contributed by atoms with E-state index >= 15 is 0 Å². The van der Waals surface area contributed by atoms with E-state index in [4.69, 9.17) is 11.6 Å². The van der Waals surface area contributed by atoms with Crippen LogP contribution in [-0.2, 0) is 6.54 Å². The zero-order valence-electron chi connectivity index (χ0n) is 9.14. The first kappa shape index (κ1) is 14.1. The maximum Gasteiger partial charge on any atom is 0.422 e. The molecule has 1 N–H and O–H groups in total. The summed E-state index contributed by atoms with van der Waals surface area (Å²) in [5.41, 5.74) is 0.788. The zero-order valence-corrected chi connectivity index (χ0v) is 9.90. The number of rotatable bonds is 5. The summed E-state index contributed by atoms with van der Waals surface area (Å²) in [6.07, 6.45) is -2.96. The Hall–Kier alpha value is -1.01. The first-order valence-corrected chi connectivity index (χ1v) is 5.35. The molecule has 0 amide bonds. The van der Waals surface area contributed by atoms with Gasteiger partial charge in [0.1, 0.15) is 5.02 Å². The Labute approximate surface area is 102 Å². The number of ether oxygens (including phenoxy) is 1. The Bertz CT molecular complexity index is 371. The summed E-state index contributed by atoms with van der Waals surface area (Å²) in [6, 6.07) is 1.53. The molecule has 0 saturated carbocycles. The molecule has 7 heteroatoms. The second kappa shape index (κ2) is 6.07. The summed E-state index contributed by atoms with van der Waals surface area (Å²) in [7, 11) is 0. The van der Waals surface area contributed by atoms with E-state index in [0.717, 1.165) is 12.1 Å². The number of alkyl halides is 3. The number of pyridine rings is 1. The second-order valence-electron chi connectivity index (χ2n) is 3.31. The van der Waals surface area contributed by atoms with Gasteiger partial charge in [0.25, 0.3) is 0 Å². The van der Waals surface area contributed by atoms with Crippen molar-refractivity contribution in [1.82, 2.24) is 10.3 Å². The average molecular weight is 269 g/mol. The molecule has 0 spiro atoms. The minimum Gasteiger partial charge on any atom is -0.467 e. The topological polar surface area (TPSA) is 34.2 Å². The second-order valence-corrected chi connectivity index (χ2v) is 3.72. The van der Waals surface area contributed by atoms with Gasteiger partial charge in [-0.1, -0.05) is 18.5 Å². The molecule has 0 bridgehead atoms. The van der Waals surface area contributed by atoms with E-state index in [-0.39, 0.29) is 10.9 Å². The number of hydrogen-bond donors (Lipinski definition) is 1. The minimum absolute atomic E-state index is 0.0738. The van der Waals surface area contributed by atoms with Crippen LogP contribution in [0.5, 0.6) is 5.88 Å². The van der Waals surface area contributed by atoms with Gasteiger partial charge in [0.05, 0.1) is 0 Å². The van der Waals surface area contributed by atoms with Crippen molar-refractivity contribution in [3.8, 4) is 5.88 Å². The largest absolute Gasteiger partial charge is 0.467 e. The number of aromatic nitrogens is 1. The minimum atomic E-state index is -4.40. The van der Waals surface area contributed by atoms with Gasteiger partial charge in [-0.3, -0.25) is 0 Å². The molecule has 0 aromatic carbocycles. The highest BCUT2D eigenvalue weighted by Gasteiger charge is 2.29. The van der Waals surface area contributed by atoms with Gasteiger partial charge in [-0.25, -0.2) is 4.98 Å². The maximum atomic E-state index is 11.9. The summed E-state index contributed by atoms with van der Waals surface area (Å²) in [5, 5.41) is 3.12. The van der Waals surface area contributed by atoms with Crippen LogP contribution in [0.3, 0.4) is 0 Å². The van der Waals surface area contributed by atoms with Gasteiger partial charge >= 0.3 is 6.18 Å². The Morgan fingerprint density at radius 1 is 1.47 bits per heavy atom. The van der Waals surface area contributed by atoms with Crippen molar-refractivity contribution in [2.24, 2.45) is 0 Å². The first-order valence-electron chi connectivity index (χ1n) is 4.97. The third kappa shape index (κ3) is 5.23. The first-order chi connectivity index (χ1) is 7.92. The van der Waals surface area contributed by atoms with Crippen LogP contribution in [0.15, 0.2) is 12.3 Å². The Balaban J connectivity index is 2.63. The van der Waals surface area contributed by atoms with Crippen molar-refractivity contribution >= 4 is 11.6 Å². The van der Waals surface area contributed by atoms with E-state index in [2.05, 4.69) is 15.0 Å². The zero-order chi connectivity index (χ0) is 12.9. The number of halogens is 4. The molecule has 0 aliphatic carbocycles. The molecule has 0 fully saturated rings. The molecule has 0 saturated heterocycles. The molecule has 0 aliphatic heterocycles. The van der Waals surface area contributed by atoms with Crippen molar-refractivity contribution in [2.45, 2.75) is 19.6 Å². The summed E-state index contributed by atoms with van der Waals surface area (Å²) in [6.45, 7) is 1.88. The van der Waals surface area contributed by atoms with Crippen molar-refractivity contribution in [3.05, 3.63) is 22.8 Å². The van der Waals surface area contributed by atoms with Gasteiger partial charge in [0.2, 0.25) is 5.88 Å². The van der Waals surface area contributed by atoms with Crippen LogP contribution in [0.1, 0.15) is 12.5 Å². The lowest BCUT2D eigenvalue weighted by molar-refractivity contribution is -0.154. The van der Waals surface area contributed by atoms with Crippen molar-refractivity contribution < 1.29 is 17.9 Å². The van der Waals surface area contributed by atoms with E-state index < -0.39 is 12.8 Å². The molecule has 1 aromatic heterocycles. The average Bonchev–Trinajstić information content (AvgIpc) is 2.23. The lowest BCUT2D eigenvalue weighted by Gasteiger charge is -2.10. The molecule has 0 unspecified atom stereocenters. The molecule has 3 nitrogen and oxygen atoms in total. The van der Waals surface area contributed by atoms with Crippen LogP contribution < -0.4 is 10.1 Å². The number of nitrogens with one attached hydrogen (secondary N) is 1. The molecule has 0 atom stereocenters. The number of nitrogens with zero attached hydrogens (tertiary/aromatic N) is 1. The van der Waals surface area contributed by atoms with Crippen molar-refractivity contribution in [1.29, 1.82) is 0 Å². The molecule has 17 heavy (non-hydrogen) atoms. The van der Waals surface area contributed by atoms with Crippen LogP contribution in [0, 0.1) is 0 Å². The summed E-state index contributed by atoms with van der Waals surface area (Å²) in [4.78, 5) is 3.74. The monoisotopic (exact) mass is 268 g/mol. The fraction of sp³-hybridized carbons (Fsp3) is 0.500. The molecule has 1 rings (SSSR count). The predicted molar refractivity (Wildman–Crippen MR) is 58.2 cm³/mol. The highest BCUT2D eigenvalue weighted by atomic mass is 35.5. The Kier molecular flexibility index (Phi) is 5.02. The lowest BCUT2D eigenvalue weighted by Crippen LogP contribution is -2.20. The van der Waals surface area contributed by atoms with Gasteiger partial charge in [0, 0.05) is 12.7 Å². The molecule has 0 radical (unpaired) electrons. The molecular formula is C10H12ClF3N2O. The molecule has 1 aromatic rings. The van der Waals surface area contributed by atoms with E-state index in [1.165, 1.54) is 12.3 Å². The van der Waals surface area contributed by atoms with Crippen LogP contribution in [0.25, 0.3) is 0 Å². The van der Waals surface area contributed by atoms with Crippen LogP contribution in [0.2, 0.25) is 5.02 Å². The molecular weight excluding hydrogens is 257 g/mol. The van der Waals surface area contributed by atoms with Gasteiger partial charge in [-0.05, 0) is 18.2 Å². The SMILES string of the molecule is CCNCc1cnc(OCC(F)(F)F)c(Cl)c1. The smallest absolute Gasteiger partial charge is 0.422 e. The predicted octanol–water partition coefficient (Wildman–Crippen LogP) is 2.79. The lowest BCUT2D eigenvalue weighted by atomic mass is 10.3. The fourth-order valence-corrected chi connectivity index (χ4v) is 1.33. The highest BCUT2D eigenvalue weighted by molar-refractivity contribution is 6.31. The summed E-state index contributed by atoms with van der Waals surface area (Å²) < 4.78 is 40.2. The standard InChI is InChI=1S/C10H12ClF3N2O/c1-2-15-4-7-3-8(11)9(16-5-7)17-6-10(12,13)14/h3,5,15H,2,4,6H2,1H3. The third-order valence-corrected chi connectivity index (χ3v) is 2.09. The van der Waals surface area contributed by atoms with Gasteiger partial charge in [0.15, 0.2) is 6.61 Å². The maximum absolute atomic E-state index is 11.9. The van der Waals surface area contributed by atoms with E-state index in [9.17, 15) is 13.2 Å². The third-order valence-electron chi connectivity index (χ3n) is 1.82. The normalized spacial score (nSPS) is 11.6. The highest BCUT2D eigenvalue weighted by Crippen LogP contribution is 2.24. The van der Waals surface area contributed by atoms with Gasteiger partial charge in [-0.2, -0.15) is 13.2 Å². The van der Waals surface area contributed by atoms with Crippen LogP contribution in [0.4, 0.5) is 13.2 Å². The quantitative estimate of drug-likeness (QED) is 0.892. The van der Waals surface area contributed by atoms with E-state index in [1.54, 1.807) is 0 Å². The van der Waals surface area contributed by atoms with Crippen LogP contribution in [-0.4, -0.2) is 24.3 Å². The van der Waals surface area contributed by atoms with E-state index in [1.807, 2.05) is 6.92 Å². The summed E-state index contributed by atoms with van der Waals surface area (Å²) in [5.74, 6) is -0.204. The Morgan fingerprint density at radius 2 is 2.18 bits per heavy atom. The Morgan fingerprint density at radius 3 is 2.71 bits per heavy atom. The fourth-order valence-electron chi connectivity index (χ4n) is 1.09. The van der Waals surface area contributed by atoms with E-state index in [0.29, 0.717) is 6.54 Å². The van der Waals surface area contributed by atoms with Crippen LogP contribution >= 0.6 is 11.6 Å².